The summed E-state index contributed by atoms with van der Waals surface area (Å²) in [6.07, 6.45) is 1.60. The van der Waals surface area contributed by atoms with Crippen LogP contribution in [0.3, 0.4) is 0 Å². The first-order chi connectivity index (χ1) is 5.11. The molecule has 0 saturated heterocycles. The van der Waals surface area contributed by atoms with Gasteiger partial charge in [-0.25, -0.2) is 0 Å². The van der Waals surface area contributed by atoms with Gasteiger partial charge in [0.05, 0.1) is 11.9 Å². The normalized spacial score (nSPS) is 9.64. The minimum Gasteiger partial charge on any atom is -0.397 e. The summed E-state index contributed by atoms with van der Waals surface area (Å²) in [5, 5.41) is 7.38. The summed E-state index contributed by atoms with van der Waals surface area (Å²) in [5.41, 5.74) is 8.29. The molecule has 0 aliphatic heterocycles. The van der Waals surface area contributed by atoms with Crippen molar-refractivity contribution in [1.82, 2.24) is 4.98 Å². The quantitative estimate of drug-likeness (QED) is 0.592. The maximum absolute atomic E-state index is 7.38. The zero-order valence-corrected chi connectivity index (χ0v) is 6.68. The lowest BCUT2D eigenvalue weighted by Gasteiger charge is -2.02. The summed E-state index contributed by atoms with van der Waals surface area (Å²) in [7, 11) is 0. The highest BCUT2D eigenvalue weighted by atomic mass is 14.7. The monoisotopic (exact) mass is 149 g/mol. The molecule has 0 saturated carbocycles. The van der Waals surface area contributed by atoms with E-state index in [1.54, 1.807) is 19.2 Å². The predicted molar refractivity (Wildman–Crippen MR) is 45.9 cm³/mol. The third kappa shape index (κ3) is 1.55. The number of nitrogen functional groups attached to an aromatic ring is 1. The number of nitrogens with zero attached hydrogens (tertiary/aromatic N) is 1. The van der Waals surface area contributed by atoms with Crippen LogP contribution >= 0.6 is 0 Å². The summed E-state index contributed by atoms with van der Waals surface area (Å²) >= 11 is 0. The maximum Gasteiger partial charge on any atom is 0.0507 e. The Balaban J connectivity index is 3.23. The van der Waals surface area contributed by atoms with Crippen LogP contribution < -0.4 is 5.73 Å². The van der Waals surface area contributed by atoms with Crippen molar-refractivity contribution in [3.05, 3.63) is 23.5 Å². The molecule has 0 amide bonds. The van der Waals surface area contributed by atoms with Crippen molar-refractivity contribution in [1.29, 1.82) is 5.41 Å². The third-order valence-electron chi connectivity index (χ3n) is 1.51. The van der Waals surface area contributed by atoms with Crippen molar-refractivity contribution in [2.75, 3.05) is 5.73 Å². The van der Waals surface area contributed by atoms with E-state index >= 15 is 0 Å². The number of hydrogen-bond donors (Lipinski definition) is 2. The topological polar surface area (TPSA) is 62.8 Å². The van der Waals surface area contributed by atoms with Crippen molar-refractivity contribution in [2.24, 2.45) is 0 Å². The van der Waals surface area contributed by atoms with Crippen LogP contribution in [-0.2, 0) is 0 Å². The van der Waals surface area contributed by atoms with Gasteiger partial charge in [0.25, 0.3) is 0 Å². The summed E-state index contributed by atoms with van der Waals surface area (Å²) < 4.78 is 0. The van der Waals surface area contributed by atoms with E-state index in [4.69, 9.17) is 11.1 Å². The van der Waals surface area contributed by atoms with E-state index in [0.29, 0.717) is 11.4 Å². The minimum atomic E-state index is 0.502. The number of nitrogens with one attached hydrogen (secondary N) is 1. The average Bonchev–Trinajstić information content (AvgIpc) is 1.94. The number of anilines is 1. The first-order valence-corrected chi connectivity index (χ1v) is 3.39. The van der Waals surface area contributed by atoms with Gasteiger partial charge in [0.2, 0.25) is 0 Å². The molecule has 1 rings (SSSR count). The van der Waals surface area contributed by atoms with Crippen molar-refractivity contribution >= 4 is 11.4 Å². The highest BCUT2D eigenvalue weighted by Gasteiger charge is 2.00. The number of nitrogens with two attached hydrogens (primary N) is 1. The van der Waals surface area contributed by atoms with E-state index in [2.05, 4.69) is 4.98 Å². The lowest BCUT2D eigenvalue weighted by molar-refractivity contribution is 1.18. The first-order valence-electron chi connectivity index (χ1n) is 3.39. The smallest absolute Gasteiger partial charge is 0.0507 e. The van der Waals surface area contributed by atoms with Crippen LogP contribution in [0, 0.1) is 12.3 Å². The second-order valence-corrected chi connectivity index (χ2v) is 2.53. The van der Waals surface area contributed by atoms with Crippen LogP contribution in [0.15, 0.2) is 12.3 Å². The predicted octanol–water partition coefficient (Wildman–Crippen LogP) is 1.36. The molecular weight excluding hydrogens is 138 g/mol. The van der Waals surface area contributed by atoms with Crippen LogP contribution in [0.1, 0.15) is 18.2 Å². The van der Waals surface area contributed by atoms with E-state index in [9.17, 15) is 0 Å². The lowest BCUT2D eigenvalue weighted by Crippen LogP contribution is -2.00. The molecule has 1 aromatic heterocycles. The van der Waals surface area contributed by atoms with E-state index in [0.717, 1.165) is 11.3 Å². The first kappa shape index (κ1) is 7.72. The van der Waals surface area contributed by atoms with Crippen LogP contribution in [-0.4, -0.2) is 10.7 Å². The van der Waals surface area contributed by atoms with Crippen LogP contribution in [0.25, 0.3) is 0 Å². The Hall–Kier alpha value is -1.38. The largest absolute Gasteiger partial charge is 0.397 e. The van der Waals surface area contributed by atoms with Crippen molar-refractivity contribution in [2.45, 2.75) is 13.8 Å². The molecule has 0 aliphatic rings. The molecule has 0 aromatic carbocycles. The van der Waals surface area contributed by atoms with Gasteiger partial charge in [0.15, 0.2) is 0 Å². The minimum absolute atomic E-state index is 0.502. The fraction of sp³-hybridized carbons (Fsp3) is 0.250. The van der Waals surface area contributed by atoms with Crippen molar-refractivity contribution in [3.8, 4) is 0 Å². The molecule has 11 heavy (non-hydrogen) atoms. The molecule has 0 unspecified atom stereocenters. The number of pyridine rings is 1. The standard InChI is InChI=1S/C8H11N3/c1-5(9)8-3-7(10)4-11-6(8)2/h3-4,9H,10H2,1-2H3. The maximum atomic E-state index is 7.38. The molecule has 1 heterocycles. The Morgan fingerprint density at radius 3 is 2.73 bits per heavy atom. The van der Waals surface area contributed by atoms with Crippen LogP contribution in [0.4, 0.5) is 5.69 Å². The summed E-state index contributed by atoms with van der Waals surface area (Å²) in [5.74, 6) is 0. The van der Waals surface area contributed by atoms with E-state index in [1.807, 2.05) is 6.92 Å². The van der Waals surface area contributed by atoms with E-state index < -0.39 is 0 Å². The molecule has 0 atom stereocenters. The second kappa shape index (κ2) is 2.70. The summed E-state index contributed by atoms with van der Waals surface area (Å²) in [4.78, 5) is 4.03. The molecule has 0 bridgehead atoms. The van der Waals surface area contributed by atoms with E-state index in [-0.39, 0.29) is 0 Å². The van der Waals surface area contributed by atoms with Gasteiger partial charge in [0.1, 0.15) is 0 Å². The van der Waals surface area contributed by atoms with Crippen molar-refractivity contribution in [3.63, 3.8) is 0 Å². The Morgan fingerprint density at radius 1 is 1.64 bits per heavy atom. The van der Waals surface area contributed by atoms with Gasteiger partial charge in [-0.2, -0.15) is 0 Å². The molecule has 1 aromatic rings. The summed E-state index contributed by atoms with van der Waals surface area (Å²) in [6, 6.07) is 1.77. The van der Waals surface area contributed by atoms with Crippen LogP contribution in [0.5, 0.6) is 0 Å². The molecule has 0 aliphatic carbocycles. The number of hydrogen-bond acceptors (Lipinski definition) is 3. The SMILES string of the molecule is CC(=N)c1cc(N)cnc1C. The second-order valence-electron chi connectivity index (χ2n) is 2.53. The highest BCUT2D eigenvalue weighted by molar-refractivity contribution is 5.97. The van der Waals surface area contributed by atoms with Gasteiger partial charge in [-0.3, -0.25) is 4.98 Å². The lowest BCUT2D eigenvalue weighted by atomic mass is 10.1. The molecule has 0 spiro atoms. The summed E-state index contributed by atoms with van der Waals surface area (Å²) in [6.45, 7) is 3.59. The highest BCUT2D eigenvalue weighted by Crippen LogP contribution is 2.09. The third-order valence-corrected chi connectivity index (χ3v) is 1.51. The molecule has 3 nitrogen and oxygen atoms in total. The number of aromatic nitrogens is 1. The van der Waals surface area contributed by atoms with Gasteiger partial charge in [-0.1, -0.05) is 0 Å². The average molecular weight is 149 g/mol. The van der Waals surface area contributed by atoms with Crippen molar-refractivity contribution < 1.29 is 0 Å². The van der Waals surface area contributed by atoms with Gasteiger partial charge in [0, 0.05) is 17.0 Å². The molecule has 0 radical (unpaired) electrons. The Morgan fingerprint density at radius 2 is 2.27 bits per heavy atom. The van der Waals surface area contributed by atoms with Gasteiger partial charge < -0.3 is 11.1 Å². The number of rotatable bonds is 1. The van der Waals surface area contributed by atoms with Gasteiger partial charge in [-0.05, 0) is 19.9 Å². The zero-order valence-electron chi connectivity index (χ0n) is 6.68. The van der Waals surface area contributed by atoms with E-state index in [1.165, 1.54) is 0 Å². The Kier molecular flexibility index (Phi) is 1.89. The van der Waals surface area contributed by atoms with Gasteiger partial charge in [-0.15, -0.1) is 0 Å². The van der Waals surface area contributed by atoms with Crippen LogP contribution in [0.2, 0.25) is 0 Å². The Bertz CT molecular complexity index is 291. The molecule has 3 N–H and O–H groups in total. The Labute approximate surface area is 65.8 Å². The number of aryl methyl sites for hydroxylation is 1. The molecular formula is C8H11N3. The zero-order chi connectivity index (χ0) is 8.43. The molecule has 58 valence electrons. The fourth-order valence-corrected chi connectivity index (χ4v) is 0.929. The fourth-order valence-electron chi connectivity index (χ4n) is 0.929. The molecule has 3 heteroatoms. The van der Waals surface area contributed by atoms with Gasteiger partial charge >= 0.3 is 0 Å². The molecule has 0 fully saturated rings.